The van der Waals surface area contributed by atoms with Crippen molar-refractivity contribution >= 4 is 5.91 Å². The lowest BCUT2D eigenvalue weighted by atomic mass is 9.98. The molecule has 4 aromatic rings. The number of hydrogen-bond donors (Lipinski definition) is 1. The van der Waals surface area contributed by atoms with E-state index in [1.54, 1.807) is 25.3 Å². The number of piperidine rings is 1. The van der Waals surface area contributed by atoms with E-state index in [0.29, 0.717) is 48.9 Å². The molecular weight excluding hydrogens is 618 g/mol. The molecule has 4 heterocycles. The predicted octanol–water partition coefficient (Wildman–Crippen LogP) is 5.43. The van der Waals surface area contributed by atoms with Crippen LogP contribution in [0, 0.1) is 12.7 Å². The van der Waals surface area contributed by atoms with Crippen LogP contribution in [-0.2, 0) is 11.3 Å². The molecule has 10 nitrogen and oxygen atoms in total. The van der Waals surface area contributed by atoms with E-state index in [9.17, 15) is 9.59 Å². The summed E-state index contributed by atoms with van der Waals surface area (Å²) in [5.74, 6) is -0.663. The maximum Gasteiger partial charge on any atom is 0.269 e. The summed E-state index contributed by atoms with van der Waals surface area (Å²) < 4.78 is 44.0. The highest BCUT2D eigenvalue weighted by Gasteiger charge is 2.34. The van der Waals surface area contributed by atoms with Crippen molar-refractivity contribution in [1.29, 1.82) is 0 Å². The Morgan fingerprint density at radius 3 is 2.54 bits per heavy atom. The van der Waals surface area contributed by atoms with E-state index in [-0.39, 0.29) is 41.9 Å². The van der Waals surface area contributed by atoms with Gasteiger partial charge in [0, 0.05) is 49.7 Å². The van der Waals surface area contributed by atoms with Gasteiger partial charge in [0.1, 0.15) is 23.5 Å². The third kappa shape index (κ3) is 7.77. The van der Waals surface area contributed by atoms with Crippen LogP contribution in [0.15, 0.2) is 65.7 Å². The second-order valence-electron chi connectivity index (χ2n) is 12.8. The van der Waals surface area contributed by atoms with Gasteiger partial charge in [-0.05, 0) is 80.6 Å². The van der Waals surface area contributed by atoms with Gasteiger partial charge < -0.3 is 19.4 Å². The maximum absolute atomic E-state index is 15.6. The summed E-state index contributed by atoms with van der Waals surface area (Å²) in [6, 6.07) is 13.0. The van der Waals surface area contributed by atoms with E-state index in [4.69, 9.17) is 9.47 Å². The topological polar surface area (TPSA) is 111 Å². The largest absolute Gasteiger partial charge is 0.457 e. The normalized spacial score (nSPS) is 19.0. The summed E-state index contributed by atoms with van der Waals surface area (Å²) in [5.41, 5.74) is 2.72. The Balaban J connectivity index is 1.23. The van der Waals surface area contributed by atoms with Crippen molar-refractivity contribution in [2.24, 2.45) is 0 Å². The molecule has 6 rings (SSSR count). The molecule has 2 saturated heterocycles. The van der Waals surface area contributed by atoms with Crippen LogP contribution < -0.4 is 15.6 Å². The molecule has 1 N–H and O–H groups in total. The van der Waals surface area contributed by atoms with Gasteiger partial charge in [-0.15, -0.1) is 0 Å². The number of hydrogen-bond acceptors (Lipinski definition) is 8. The lowest BCUT2D eigenvalue weighted by Crippen LogP contribution is -2.55. The van der Waals surface area contributed by atoms with Crippen molar-refractivity contribution < 1.29 is 23.0 Å². The number of carbonyl (C=O) groups excluding carboxylic acids is 1. The highest BCUT2D eigenvalue weighted by atomic mass is 19.1. The SMILES string of the molecule is Cc1cn(Cc2cc(F)c(C(=O)N[C@@H]3CCN(C4CCOCC4)C[C@@H]3F)cc2Oc2ccc(-c3ccc(C(C)C)nn3)cc2)c(=O)cn1. The van der Waals surface area contributed by atoms with Gasteiger partial charge in [0.05, 0.1) is 41.4 Å². The molecule has 2 aliphatic heterocycles. The molecule has 2 aromatic carbocycles. The van der Waals surface area contributed by atoms with Crippen LogP contribution in [0.5, 0.6) is 11.5 Å². The fourth-order valence-corrected chi connectivity index (χ4v) is 6.19. The Morgan fingerprint density at radius 1 is 1.08 bits per heavy atom. The van der Waals surface area contributed by atoms with Gasteiger partial charge in [-0.2, -0.15) is 10.2 Å². The van der Waals surface area contributed by atoms with E-state index in [0.717, 1.165) is 24.1 Å². The third-order valence-corrected chi connectivity index (χ3v) is 8.99. The van der Waals surface area contributed by atoms with Crippen LogP contribution in [0.25, 0.3) is 11.3 Å². The van der Waals surface area contributed by atoms with Crippen molar-refractivity contribution in [3.63, 3.8) is 0 Å². The number of amides is 1. The van der Waals surface area contributed by atoms with Crippen molar-refractivity contribution in [2.45, 2.75) is 70.8 Å². The van der Waals surface area contributed by atoms with Crippen LogP contribution in [0.3, 0.4) is 0 Å². The van der Waals surface area contributed by atoms with Gasteiger partial charge in [0.15, 0.2) is 0 Å². The van der Waals surface area contributed by atoms with Crippen molar-refractivity contribution in [1.82, 2.24) is 30.0 Å². The number of aromatic nitrogens is 4. The highest BCUT2D eigenvalue weighted by molar-refractivity contribution is 5.95. The Hall–Kier alpha value is -4.55. The third-order valence-electron chi connectivity index (χ3n) is 8.99. The zero-order chi connectivity index (χ0) is 33.8. The summed E-state index contributed by atoms with van der Waals surface area (Å²) in [6.07, 6.45) is 3.60. The molecule has 0 unspecified atom stereocenters. The molecule has 1 amide bonds. The van der Waals surface area contributed by atoms with Crippen molar-refractivity contribution in [3.8, 4) is 22.8 Å². The van der Waals surface area contributed by atoms with Crippen LogP contribution in [-0.4, -0.2) is 75.1 Å². The van der Waals surface area contributed by atoms with Crippen LogP contribution in [0.4, 0.5) is 8.78 Å². The van der Waals surface area contributed by atoms with E-state index < -0.39 is 23.9 Å². The van der Waals surface area contributed by atoms with E-state index >= 15 is 8.78 Å². The number of nitrogens with zero attached hydrogens (tertiary/aromatic N) is 5. The molecule has 0 saturated carbocycles. The van der Waals surface area contributed by atoms with Gasteiger partial charge in [-0.25, -0.2) is 8.78 Å². The molecule has 12 heteroatoms. The summed E-state index contributed by atoms with van der Waals surface area (Å²) >= 11 is 0. The predicted molar refractivity (Wildman–Crippen MR) is 177 cm³/mol. The molecule has 0 aliphatic carbocycles. The highest BCUT2D eigenvalue weighted by Crippen LogP contribution is 2.31. The summed E-state index contributed by atoms with van der Waals surface area (Å²) in [5, 5.41) is 11.4. The first-order chi connectivity index (χ1) is 23.1. The minimum absolute atomic E-state index is 0.0244. The fourth-order valence-electron chi connectivity index (χ4n) is 6.19. The number of alkyl halides is 1. The number of nitrogens with one attached hydrogen (secondary N) is 1. The second-order valence-corrected chi connectivity index (χ2v) is 12.8. The molecule has 2 aromatic heterocycles. The number of benzene rings is 2. The molecule has 48 heavy (non-hydrogen) atoms. The Labute approximate surface area is 278 Å². The van der Waals surface area contributed by atoms with Gasteiger partial charge in [0.2, 0.25) is 0 Å². The zero-order valence-corrected chi connectivity index (χ0v) is 27.4. The number of aryl methyl sites for hydroxylation is 1. The van der Waals surface area contributed by atoms with Crippen LogP contribution >= 0.6 is 0 Å². The summed E-state index contributed by atoms with van der Waals surface area (Å²) in [6.45, 7) is 7.99. The van der Waals surface area contributed by atoms with Gasteiger partial charge in [0.25, 0.3) is 11.5 Å². The minimum atomic E-state index is -1.30. The molecular formula is C36H40F2N6O4. The van der Waals surface area contributed by atoms with Crippen LogP contribution in [0.2, 0.25) is 0 Å². The Morgan fingerprint density at radius 2 is 1.85 bits per heavy atom. The van der Waals surface area contributed by atoms with Gasteiger partial charge in [-0.1, -0.05) is 13.8 Å². The average molecular weight is 659 g/mol. The molecule has 2 atom stereocenters. The van der Waals surface area contributed by atoms with Crippen molar-refractivity contribution in [2.75, 3.05) is 26.3 Å². The lowest BCUT2D eigenvalue weighted by Gasteiger charge is -2.41. The standard InChI is InChI=1S/C36H40F2N6O4/c1-22(2)31-8-9-32(42-41-31)24-4-6-27(7-5-24)48-34-17-28(29(37)16-25(34)20-44-19-23(3)39-18-35(44)45)36(46)40-33-10-13-43(21-30(33)38)26-11-14-47-15-12-26/h4-9,16-19,22,26,30,33H,10-15,20-21H2,1-3H3,(H,40,46)/t30-,33+/m0/s1. The van der Waals surface area contributed by atoms with Gasteiger partial charge >= 0.3 is 0 Å². The molecule has 252 valence electrons. The minimum Gasteiger partial charge on any atom is -0.457 e. The average Bonchev–Trinajstić information content (AvgIpc) is 3.09. The number of ether oxygens (including phenoxy) is 2. The molecule has 2 fully saturated rings. The quantitative estimate of drug-likeness (QED) is 0.254. The number of halogens is 2. The number of rotatable bonds is 9. The zero-order valence-electron chi connectivity index (χ0n) is 27.4. The van der Waals surface area contributed by atoms with Crippen molar-refractivity contribution in [3.05, 3.63) is 99.6 Å². The molecule has 2 aliphatic rings. The fraction of sp³-hybridized carbons (Fsp3) is 0.417. The molecule has 0 spiro atoms. The molecule has 0 radical (unpaired) electrons. The van der Waals surface area contributed by atoms with Gasteiger partial charge in [-0.3, -0.25) is 19.5 Å². The first-order valence-corrected chi connectivity index (χ1v) is 16.4. The molecule has 0 bridgehead atoms. The van der Waals surface area contributed by atoms with E-state index in [1.807, 2.05) is 24.3 Å². The summed E-state index contributed by atoms with van der Waals surface area (Å²) in [7, 11) is 0. The first-order valence-electron chi connectivity index (χ1n) is 16.4. The number of carbonyl (C=O) groups is 1. The monoisotopic (exact) mass is 658 g/mol. The lowest BCUT2D eigenvalue weighted by molar-refractivity contribution is 0.00512. The van der Waals surface area contributed by atoms with Crippen LogP contribution in [0.1, 0.15) is 66.3 Å². The first kappa shape index (κ1) is 33.4. The smallest absolute Gasteiger partial charge is 0.269 e. The maximum atomic E-state index is 15.6. The Bertz CT molecular complexity index is 1790. The second kappa shape index (κ2) is 14.7. The number of likely N-dealkylation sites (tertiary alicyclic amines) is 1. The Kier molecular flexibility index (Phi) is 10.2. The van der Waals surface area contributed by atoms with E-state index in [2.05, 4.69) is 39.2 Å². The summed E-state index contributed by atoms with van der Waals surface area (Å²) in [4.78, 5) is 32.1. The van der Waals surface area contributed by atoms with E-state index in [1.165, 1.54) is 22.9 Å².